The van der Waals surface area contributed by atoms with Crippen molar-refractivity contribution in [2.45, 2.75) is 13.0 Å². The molecule has 1 aromatic carbocycles. The standard InChI is InChI=1S/C18H18N2O4/c1-12-8-13(4-5-19-12)17-10-20(6-7-22-17)18(21)14-2-3-15-16(9-14)24-11-23-15/h2-5,8-9,17H,6-7,10-11H2,1H3/t17-/m0/s1. The Bertz CT molecular complexity index is 777. The molecule has 124 valence electrons. The lowest BCUT2D eigenvalue weighted by atomic mass is 10.1. The maximum atomic E-state index is 12.8. The van der Waals surface area contributed by atoms with Crippen molar-refractivity contribution in [3.05, 3.63) is 53.3 Å². The molecular formula is C18H18N2O4. The molecule has 1 aromatic heterocycles. The minimum Gasteiger partial charge on any atom is -0.454 e. The van der Waals surface area contributed by atoms with Crippen LogP contribution in [-0.4, -0.2) is 42.3 Å². The molecule has 1 atom stereocenters. The van der Waals surface area contributed by atoms with E-state index in [9.17, 15) is 4.79 Å². The summed E-state index contributed by atoms with van der Waals surface area (Å²) in [6.07, 6.45) is 1.64. The molecule has 1 amide bonds. The van der Waals surface area contributed by atoms with Gasteiger partial charge in [-0.15, -0.1) is 0 Å². The van der Waals surface area contributed by atoms with Crippen molar-refractivity contribution in [2.24, 2.45) is 0 Å². The molecule has 6 nitrogen and oxygen atoms in total. The molecular weight excluding hydrogens is 308 g/mol. The van der Waals surface area contributed by atoms with Gasteiger partial charge in [0.25, 0.3) is 5.91 Å². The van der Waals surface area contributed by atoms with Gasteiger partial charge in [0.1, 0.15) is 6.10 Å². The highest BCUT2D eigenvalue weighted by Gasteiger charge is 2.27. The van der Waals surface area contributed by atoms with Gasteiger partial charge in [-0.2, -0.15) is 0 Å². The number of rotatable bonds is 2. The average molecular weight is 326 g/mol. The molecule has 0 N–H and O–H groups in total. The van der Waals surface area contributed by atoms with Gasteiger partial charge < -0.3 is 19.1 Å². The molecule has 0 radical (unpaired) electrons. The third kappa shape index (κ3) is 2.80. The molecule has 2 aromatic rings. The Balaban J connectivity index is 1.52. The van der Waals surface area contributed by atoms with Crippen LogP contribution in [-0.2, 0) is 4.74 Å². The summed E-state index contributed by atoms with van der Waals surface area (Å²) in [4.78, 5) is 18.8. The number of ether oxygens (including phenoxy) is 3. The second-order valence-corrected chi connectivity index (χ2v) is 5.91. The van der Waals surface area contributed by atoms with Crippen molar-refractivity contribution < 1.29 is 19.0 Å². The maximum Gasteiger partial charge on any atom is 0.254 e. The van der Waals surface area contributed by atoms with Crippen LogP contribution in [0.5, 0.6) is 11.5 Å². The smallest absolute Gasteiger partial charge is 0.254 e. The Labute approximate surface area is 140 Å². The van der Waals surface area contributed by atoms with Crippen LogP contribution in [0.3, 0.4) is 0 Å². The normalized spacial score (nSPS) is 19.4. The Morgan fingerprint density at radius 1 is 1.21 bits per heavy atom. The van der Waals surface area contributed by atoms with E-state index in [1.165, 1.54) is 0 Å². The summed E-state index contributed by atoms with van der Waals surface area (Å²) in [6.45, 7) is 3.77. The fourth-order valence-electron chi connectivity index (χ4n) is 3.02. The van der Waals surface area contributed by atoms with Crippen LogP contribution in [0.2, 0.25) is 0 Å². The van der Waals surface area contributed by atoms with E-state index in [0.29, 0.717) is 36.8 Å². The predicted molar refractivity (Wildman–Crippen MR) is 86.1 cm³/mol. The van der Waals surface area contributed by atoms with Crippen LogP contribution in [0.1, 0.15) is 27.7 Å². The molecule has 6 heteroatoms. The van der Waals surface area contributed by atoms with Crippen molar-refractivity contribution in [3.8, 4) is 11.5 Å². The van der Waals surface area contributed by atoms with Gasteiger partial charge in [0.15, 0.2) is 11.5 Å². The molecule has 0 unspecified atom stereocenters. The molecule has 0 spiro atoms. The molecule has 24 heavy (non-hydrogen) atoms. The lowest BCUT2D eigenvalue weighted by Crippen LogP contribution is -2.42. The van der Waals surface area contributed by atoms with Gasteiger partial charge in [-0.25, -0.2) is 0 Å². The highest BCUT2D eigenvalue weighted by Crippen LogP contribution is 2.33. The SMILES string of the molecule is Cc1cc([C@@H]2CN(C(=O)c3ccc4c(c3)OCO4)CCO2)ccn1. The van der Waals surface area contributed by atoms with Crippen molar-refractivity contribution in [1.82, 2.24) is 9.88 Å². The first-order valence-corrected chi connectivity index (χ1v) is 7.94. The van der Waals surface area contributed by atoms with Crippen LogP contribution in [0.4, 0.5) is 0 Å². The topological polar surface area (TPSA) is 60.9 Å². The van der Waals surface area contributed by atoms with Gasteiger partial charge in [-0.05, 0) is 42.8 Å². The number of amides is 1. The zero-order chi connectivity index (χ0) is 16.5. The monoisotopic (exact) mass is 326 g/mol. The van der Waals surface area contributed by atoms with E-state index in [-0.39, 0.29) is 18.8 Å². The highest BCUT2D eigenvalue weighted by atomic mass is 16.7. The summed E-state index contributed by atoms with van der Waals surface area (Å²) < 4.78 is 16.5. The van der Waals surface area contributed by atoms with Gasteiger partial charge in [0, 0.05) is 24.0 Å². The number of morpholine rings is 1. The summed E-state index contributed by atoms with van der Waals surface area (Å²) in [6, 6.07) is 9.23. The number of aryl methyl sites for hydroxylation is 1. The van der Waals surface area contributed by atoms with Gasteiger partial charge in [0.05, 0.1) is 13.2 Å². The number of hydrogen-bond acceptors (Lipinski definition) is 5. The first-order chi connectivity index (χ1) is 11.7. The molecule has 0 aliphatic carbocycles. The van der Waals surface area contributed by atoms with Crippen LogP contribution in [0, 0.1) is 6.92 Å². The van der Waals surface area contributed by atoms with E-state index in [1.807, 2.05) is 24.0 Å². The lowest BCUT2D eigenvalue weighted by molar-refractivity contribution is -0.0228. The number of nitrogens with zero attached hydrogens (tertiary/aromatic N) is 2. The first-order valence-electron chi connectivity index (χ1n) is 7.94. The van der Waals surface area contributed by atoms with Gasteiger partial charge in [0.2, 0.25) is 6.79 Å². The van der Waals surface area contributed by atoms with Crippen LogP contribution >= 0.6 is 0 Å². The number of aromatic nitrogens is 1. The highest BCUT2D eigenvalue weighted by molar-refractivity contribution is 5.95. The minimum absolute atomic E-state index is 0.0209. The molecule has 2 aliphatic heterocycles. The zero-order valence-corrected chi connectivity index (χ0v) is 13.4. The largest absolute Gasteiger partial charge is 0.454 e. The Hall–Kier alpha value is -2.60. The van der Waals surface area contributed by atoms with E-state index in [4.69, 9.17) is 14.2 Å². The Morgan fingerprint density at radius 2 is 2.08 bits per heavy atom. The number of carbonyl (C=O) groups is 1. The zero-order valence-electron chi connectivity index (χ0n) is 13.4. The van der Waals surface area contributed by atoms with Gasteiger partial charge in [-0.3, -0.25) is 9.78 Å². The van der Waals surface area contributed by atoms with E-state index in [1.54, 1.807) is 24.4 Å². The minimum atomic E-state index is -0.126. The molecule has 1 fully saturated rings. The van der Waals surface area contributed by atoms with Crippen LogP contribution in [0.15, 0.2) is 36.5 Å². The predicted octanol–water partition coefficient (Wildman–Crippen LogP) is 2.33. The van der Waals surface area contributed by atoms with E-state index in [2.05, 4.69) is 4.98 Å². The third-order valence-electron chi connectivity index (χ3n) is 4.27. The van der Waals surface area contributed by atoms with E-state index >= 15 is 0 Å². The fourth-order valence-corrected chi connectivity index (χ4v) is 3.02. The second kappa shape index (κ2) is 6.13. The Morgan fingerprint density at radius 3 is 2.96 bits per heavy atom. The van der Waals surface area contributed by atoms with Crippen LogP contribution in [0.25, 0.3) is 0 Å². The number of pyridine rings is 1. The quantitative estimate of drug-likeness (QED) is 0.848. The average Bonchev–Trinajstić information content (AvgIpc) is 3.09. The molecule has 0 saturated carbocycles. The molecule has 0 bridgehead atoms. The summed E-state index contributed by atoms with van der Waals surface area (Å²) in [5, 5.41) is 0. The number of fused-ring (bicyclic) bond motifs is 1. The summed E-state index contributed by atoms with van der Waals surface area (Å²) in [7, 11) is 0. The Kier molecular flexibility index (Phi) is 3.82. The van der Waals surface area contributed by atoms with Crippen molar-refractivity contribution in [2.75, 3.05) is 26.5 Å². The van der Waals surface area contributed by atoms with Gasteiger partial charge in [-0.1, -0.05) is 0 Å². The molecule has 1 saturated heterocycles. The summed E-state index contributed by atoms with van der Waals surface area (Å²) in [5.41, 5.74) is 2.59. The van der Waals surface area contributed by atoms with Crippen molar-refractivity contribution >= 4 is 5.91 Å². The molecule has 4 rings (SSSR count). The number of hydrogen-bond donors (Lipinski definition) is 0. The number of carbonyl (C=O) groups excluding carboxylic acids is 1. The van der Waals surface area contributed by atoms with Gasteiger partial charge >= 0.3 is 0 Å². The molecule has 2 aliphatic rings. The number of benzene rings is 1. The van der Waals surface area contributed by atoms with E-state index in [0.717, 1.165) is 11.3 Å². The maximum absolute atomic E-state index is 12.8. The first kappa shape index (κ1) is 15.0. The van der Waals surface area contributed by atoms with Crippen LogP contribution < -0.4 is 9.47 Å². The van der Waals surface area contributed by atoms with Crippen molar-refractivity contribution in [1.29, 1.82) is 0 Å². The lowest BCUT2D eigenvalue weighted by Gasteiger charge is -2.33. The van der Waals surface area contributed by atoms with Crippen molar-refractivity contribution in [3.63, 3.8) is 0 Å². The third-order valence-corrected chi connectivity index (χ3v) is 4.27. The van der Waals surface area contributed by atoms with E-state index < -0.39 is 0 Å². The summed E-state index contributed by atoms with van der Waals surface area (Å²) >= 11 is 0. The summed E-state index contributed by atoms with van der Waals surface area (Å²) in [5.74, 6) is 1.28. The molecule has 3 heterocycles. The second-order valence-electron chi connectivity index (χ2n) is 5.91. The fraction of sp³-hybridized carbons (Fsp3) is 0.333.